The highest BCUT2D eigenvalue weighted by Crippen LogP contribution is 2.40. The van der Waals surface area contributed by atoms with E-state index in [0.717, 1.165) is 11.3 Å². The average molecular weight is 247 g/mol. The lowest BCUT2D eigenvalue weighted by Crippen LogP contribution is -2.48. The summed E-state index contributed by atoms with van der Waals surface area (Å²) >= 11 is 12.0. The maximum absolute atomic E-state index is 6.00. The first kappa shape index (κ1) is 11.1. The molecule has 1 aromatic carbocycles. The van der Waals surface area contributed by atoms with Crippen molar-refractivity contribution in [1.29, 1.82) is 0 Å². The Morgan fingerprint density at radius 1 is 1.47 bits per heavy atom. The van der Waals surface area contributed by atoms with Gasteiger partial charge in [-0.2, -0.15) is 0 Å². The minimum absolute atomic E-state index is 0.127. The Balaban J connectivity index is 2.44. The predicted octanol–water partition coefficient (Wildman–Crippen LogP) is 2.86. The van der Waals surface area contributed by atoms with E-state index in [2.05, 4.69) is 0 Å². The van der Waals surface area contributed by atoms with Crippen LogP contribution in [0.2, 0.25) is 5.02 Å². The second kappa shape index (κ2) is 4.20. The van der Waals surface area contributed by atoms with Crippen molar-refractivity contribution in [3.63, 3.8) is 0 Å². The zero-order valence-corrected chi connectivity index (χ0v) is 9.94. The molecule has 1 aromatic rings. The summed E-state index contributed by atoms with van der Waals surface area (Å²) in [6.45, 7) is 1.26. The molecule has 1 saturated heterocycles. The number of halogens is 2. The first-order valence-electron chi connectivity index (χ1n) is 4.69. The molecule has 0 radical (unpaired) electrons. The van der Waals surface area contributed by atoms with Crippen molar-refractivity contribution in [2.24, 2.45) is 0 Å². The van der Waals surface area contributed by atoms with Crippen LogP contribution in [0.3, 0.4) is 0 Å². The third-order valence-electron chi connectivity index (χ3n) is 2.75. The SMILES string of the molecule is COc1ccc(Cl)cc1C1(CCl)COC1. The molecule has 1 aliphatic heterocycles. The Labute approximate surface area is 99.1 Å². The molecule has 82 valence electrons. The molecular weight excluding hydrogens is 235 g/mol. The van der Waals surface area contributed by atoms with Crippen molar-refractivity contribution in [1.82, 2.24) is 0 Å². The maximum atomic E-state index is 6.00. The van der Waals surface area contributed by atoms with Gasteiger partial charge in [0.1, 0.15) is 5.75 Å². The minimum Gasteiger partial charge on any atom is -0.496 e. The van der Waals surface area contributed by atoms with Crippen LogP contribution < -0.4 is 4.74 Å². The lowest BCUT2D eigenvalue weighted by molar-refractivity contribution is -0.0488. The fraction of sp³-hybridized carbons (Fsp3) is 0.455. The Hall–Kier alpha value is -0.440. The minimum atomic E-state index is -0.127. The van der Waals surface area contributed by atoms with Gasteiger partial charge in [0, 0.05) is 16.5 Å². The summed E-state index contributed by atoms with van der Waals surface area (Å²) in [5, 5.41) is 0.696. The van der Waals surface area contributed by atoms with Crippen molar-refractivity contribution < 1.29 is 9.47 Å². The van der Waals surface area contributed by atoms with Crippen LogP contribution in [0.25, 0.3) is 0 Å². The van der Waals surface area contributed by atoms with Gasteiger partial charge in [-0.1, -0.05) is 11.6 Å². The van der Waals surface area contributed by atoms with E-state index in [1.807, 2.05) is 18.2 Å². The lowest BCUT2D eigenvalue weighted by Gasteiger charge is -2.41. The quantitative estimate of drug-likeness (QED) is 0.764. The molecule has 0 unspecified atom stereocenters. The number of hydrogen-bond donors (Lipinski definition) is 0. The highest BCUT2D eigenvalue weighted by atomic mass is 35.5. The van der Waals surface area contributed by atoms with E-state index in [-0.39, 0.29) is 5.41 Å². The number of hydrogen-bond acceptors (Lipinski definition) is 2. The number of ether oxygens (including phenoxy) is 2. The fourth-order valence-corrected chi connectivity index (χ4v) is 2.22. The summed E-state index contributed by atoms with van der Waals surface area (Å²) in [6, 6.07) is 5.58. The number of rotatable bonds is 3. The number of benzene rings is 1. The molecule has 1 fully saturated rings. The fourth-order valence-electron chi connectivity index (χ4n) is 1.75. The van der Waals surface area contributed by atoms with Gasteiger partial charge in [0.2, 0.25) is 0 Å². The Kier molecular flexibility index (Phi) is 3.10. The van der Waals surface area contributed by atoms with E-state index < -0.39 is 0 Å². The molecule has 2 rings (SSSR count). The van der Waals surface area contributed by atoms with E-state index in [9.17, 15) is 0 Å². The molecule has 4 heteroatoms. The molecule has 2 nitrogen and oxygen atoms in total. The van der Waals surface area contributed by atoms with Crippen LogP contribution in [0.4, 0.5) is 0 Å². The Bertz CT molecular complexity index is 356. The zero-order chi connectivity index (χ0) is 10.9. The van der Waals surface area contributed by atoms with Gasteiger partial charge in [-0.3, -0.25) is 0 Å². The summed E-state index contributed by atoms with van der Waals surface area (Å²) in [6.07, 6.45) is 0. The van der Waals surface area contributed by atoms with Crippen LogP contribution in [0, 0.1) is 0 Å². The molecule has 0 saturated carbocycles. The van der Waals surface area contributed by atoms with Crippen LogP contribution in [0.15, 0.2) is 18.2 Å². The molecule has 0 N–H and O–H groups in total. The Morgan fingerprint density at radius 3 is 2.67 bits per heavy atom. The van der Waals surface area contributed by atoms with Crippen LogP contribution in [-0.2, 0) is 10.2 Å². The van der Waals surface area contributed by atoms with Crippen LogP contribution in [-0.4, -0.2) is 26.2 Å². The highest BCUT2D eigenvalue weighted by molar-refractivity contribution is 6.30. The van der Waals surface area contributed by atoms with Gasteiger partial charge in [-0.05, 0) is 18.2 Å². The molecule has 0 amide bonds. The molecular formula is C11H12Cl2O2. The molecule has 15 heavy (non-hydrogen) atoms. The van der Waals surface area contributed by atoms with Crippen molar-refractivity contribution in [2.45, 2.75) is 5.41 Å². The Morgan fingerprint density at radius 2 is 2.20 bits per heavy atom. The average Bonchev–Trinajstić information content (AvgIpc) is 2.17. The second-order valence-electron chi connectivity index (χ2n) is 3.75. The molecule has 0 spiro atoms. The van der Waals surface area contributed by atoms with Crippen molar-refractivity contribution >= 4 is 23.2 Å². The molecule has 1 aliphatic rings. The van der Waals surface area contributed by atoms with Crippen LogP contribution in [0.5, 0.6) is 5.75 Å². The number of alkyl halides is 1. The summed E-state index contributed by atoms with van der Waals surface area (Å²) in [4.78, 5) is 0. The second-order valence-corrected chi connectivity index (χ2v) is 4.46. The summed E-state index contributed by atoms with van der Waals surface area (Å²) in [5.74, 6) is 1.34. The van der Waals surface area contributed by atoms with Crippen molar-refractivity contribution in [3.05, 3.63) is 28.8 Å². The number of methoxy groups -OCH3 is 1. The van der Waals surface area contributed by atoms with E-state index in [1.54, 1.807) is 7.11 Å². The summed E-state index contributed by atoms with van der Waals surface area (Å²) < 4.78 is 10.6. The highest BCUT2D eigenvalue weighted by Gasteiger charge is 2.41. The standard InChI is InChI=1S/C11H12Cl2O2/c1-14-10-3-2-8(13)4-9(10)11(5-12)6-15-7-11/h2-4H,5-7H2,1H3. The topological polar surface area (TPSA) is 18.5 Å². The van der Waals surface area contributed by atoms with Gasteiger partial charge in [-0.25, -0.2) is 0 Å². The zero-order valence-electron chi connectivity index (χ0n) is 8.43. The largest absolute Gasteiger partial charge is 0.496 e. The van der Waals surface area contributed by atoms with Gasteiger partial charge < -0.3 is 9.47 Å². The third kappa shape index (κ3) is 1.82. The third-order valence-corrected chi connectivity index (χ3v) is 3.49. The van der Waals surface area contributed by atoms with Gasteiger partial charge in [0.15, 0.2) is 0 Å². The first-order valence-corrected chi connectivity index (χ1v) is 5.61. The van der Waals surface area contributed by atoms with Gasteiger partial charge >= 0.3 is 0 Å². The maximum Gasteiger partial charge on any atom is 0.122 e. The normalized spacial score (nSPS) is 18.3. The van der Waals surface area contributed by atoms with Crippen LogP contribution >= 0.6 is 23.2 Å². The smallest absolute Gasteiger partial charge is 0.122 e. The molecule has 0 atom stereocenters. The van der Waals surface area contributed by atoms with Crippen molar-refractivity contribution in [2.75, 3.05) is 26.2 Å². The first-order chi connectivity index (χ1) is 7.22. The predicted molar refractivity (Wildman–Crippen MR) is 61.2 cm³/mol. The molecule has 0 aliphatic carbocycles. The van der Waals surface area contributed by atoms with Gasteiger partial charge in [0.25, 0.3) is 0 Å². The lowest BCUT2D eigenvalue weighted by atomic mass is 9.80. The van der Waals surface area contributed by atoms with Crippen molar-refractivity contribution in [3.8, 4) is 5.75 Å². The molecule has 0 aromatic heterocycles. The van der Waals surface area contributed by atoms with E-state index in [4.69, 9.17) is 32.7 Å². The monoisotopic (exact) mass is 246 g/mol. The van der Waals surface area contributed by atoms with Crippen LogP contribution in [0.1, 0.15) is 5.56 Å². The molecule has 0 bridgehead atoms. The summed E-state index contributed by atoms with van der Waals surface area (Å²) in [5.41, 5.74) is 0.913. The summed E-state index contributed by atoms with van der Waals surface area (Å²) in [7, 11) is 1.65. The molecule has 1 heterocycles. The van der Waals surface area contributed by atoms with E-state index in [0.29, 0.717) is 24.1 Å². The van der Waals surface area contributed by atoms with E-state index >= 15 is 0 Å². The van der Waals surface area contributed by atoms with E-state index in [1.165, 1.54) is 0 Å². The van der Waals surface area contributed by atoms with Gasteiger partial charge in [-0.15, -0.1) is 11.6 Å². The van der Waals surface area contributed by atoms with Gasteiger partial charge in [0.05, 0.1) is 25.7 Å².